The minimum absolute atomic E-state index is 0.0807. The smallest absolute Gasteiger partial charge is 0.307 e. The lowest BCUT2D eigenvalue weighted by Crippen LogP contribution is -1.98. The van der Waals surface area contributed by atoms with Gasteiger partial charge in [-0.3, -0.25) is 4.79 Å². The lowest BCUT2D eigenvalue weighted by atomic mass is 10.2. The first-order valence-corrected chi connectivity index (χ1v) is 2.96. The van der Waals surface area contributed by atoms with E-state index in [1.165, 1.54) is 0 Å². The molecule has 0 fully saturated rings. The van der Waals surface area contributed by atoms with E-state index in [9.17, 15) is 4.79 Å². The summed E-state index contributed by atoms with van der Waals surface area (Å²) >= 11 is 0. The largest absolute Gasteiger partial charge is 0.481 e. The van der Waals surface area contributed by atoms with Crippen molar-refractivity contribution in [3.05, 3.63) is 35.9 Å². The van der Waals surface area contributed by atoms with Gasteiger partial charge in [-0.2, -0.15) is 0 Å². The molecule has 0 saturated heterocycles. The maximum Gasteiger partial charge on any atom is 0.307 e. The Hall–Kier alpha value is -1.31. The molecular formula is C8H7O2. The Morgan fingerprint density at radius 3 is 3.00 bits per heavy atom. The molecule has 0 bridgehead atoms. The van der Waals surface area contributed by atoms with Gasteiger partial charge in [-0.1, -0.05) is 24.3 Å². The first kappa shape index (κ1) is 6.81. The molecule has 0 spiro atoms. The normalized spacial score (nSPS) is 9.20. The summed E-state index contributed by atoms with van der Waals surface area (Å²) in [4.78, 5) is 10.2. The number of hydrogen-bond acceptors (Lipinski definition) is 1. The Morgan fingerprint density at radius 1 is 1.70 bits per heavy atom. The van der Waals surface area contributed by atoms with Gasteiger partial charge in [0.1, 0.15) is 0 Å². The van der Waals surface area contributed by atoms with Crippen molar-refractivity contribution in [3.8, 4) is 0 Å². The molecule has 1 aromatic carbocycles. The summed E-state index contributed by atoms with van der Waals surface area (Å²) < 4.78 is 0. The molecule has 1 aromatic rings. The van der Waals surface area contributed by atoms with Gasteiger partial charge in [-0.15, -0.1) is 0 Å². The van der Waals surface area contributed by atoms with E-state index in [0.717, 1.165) is 5.56 Å². The minimum Gasteiger partial charge on any atom is -0.481 e. The van der Waals surface area contributed by atoms with Gasteiger partial charge in [0.15, 0.2) is 0 Å². The van der Waals surface area contributed by atoms with Gasteiger partial charge in [0.2, 0.25) is 0 Å². The van der Waals surface area contributed by atoms with Gasteiger partial charge in [0, 0.05) is 0 Å². The number of benzene rings is 1. The third-order valence-electron chi connectivity index (χ3n) is 1.13. The van der Waals surface area contributed by atoms with Gasteiger partial charge >= 0.3 is 5.97 Å². The van der Waals surface area contributed by atoms with Crippen molar-refractivity contribution in [2.24, 2.45) is 0 Å². The van der Waals surface area contributed by atoms with Gasteiger partial charge in [0.05, 0.1) is 6.42 Å². The van der Waals surface area contributed by atoms with Crippen LogP contribution in [0.3, 0.4) is 0 Å². The SMILES string of the molecule is O=C(O)Cc1c[c]ccc1. The molecule has 1 rings (SSSR count). The predicted molar refractivity (Wildman–Crippen MR) is 36.6 cm³/mol. The van der Waals surface area contributed by atoms with Crippen LogP contribution in [0.2, 0.25) is 0 Å². The summed E-state index contributed by atoms with van der Waals surface area (Å²) in [7, 11) is 0. The van der Waals surface area contributed by atoms with Crippen LogP contribution in [0.1, 0.15) is 5.56 Å². The summed E-state index contributed by atoms with van der Waals surface area (Å²) in [5.41, 5.74) is 0.787. The standard InChI is InChI=1S/C8H7O2/c9-8(10)6-7-4-2-1-3-5-7/h1-2,4-5H,6H2,(H,9,10). The molecule has 0 aliphatic rings. The maximum atomic E-state index is 10.2. The van der Waals surface area contributed by atoms with E-state index in [4.69, 9.17) is 5.11 Å². The fourth-order valence-electron chi connectivity index (χ4n) is 0.715. The van der Waals surface area contributed by atoms with Crippen LogP contribution in [0.15, 0.2) is 24.3 Å². The zero-order chi connectivity index (χ0) is 7.40. The highest BCUT2D eigenvalue weighted by Gasteiger charge is 1.96. The fourth-order valence-corrected chi connectivity index (χ4v) is 0.715. The van der Waals surface area contributed by atoms with E-state index in [1.54, 1.807) is 24.3 Å². The van der Waals surface area contributed by atoms with Crippen LogP contribution in [0, 0.1) is 6.07 Å². The van der Waals surface area contributed by atoms with E-state index in [0.29, 0.717) is 0 Å². The van der Waals surface area contributed by atoms with E-state index in [-0.39, 0.29) is 6.42 Å². The van der Waals surface area contributed by atoms with Crippen molar-refractivity contribution in [2.75, 3.05) is 0 Å². The third-order valence-corrected chi connectivity index (χ3v) is 1.13. The van der Waals surface area contributed by atoms with Crippen molar-refractivity contribution in [1.82, 2.24) is 0 Å². The maximum absolute atomic E-state index is 10.2. The number of carbonyl (C=O) groups is 1. The van der Waals surface area contributed by atoms with Crippen molar-refractivity contribution in [1.29, 1.82) is 0 Å². The number of rotatable bonds is 2. The number of carboxylic acids is 1. The van der Waals surface area contributed by atoms with Gasteiger partial charge < -0.3 is 5.11 Å². The van der Waals surface area contributed by atoms with Gasteiger partial charge in [0.25, 0.3) is 0 Å². The Labute approximate surface area is 59.1 Å². The highest BCUT2D eigenvalue weighted by atomic mass is 16.4. The minimum atomic E-state index is -0.806. The molecule has 0 aromatic heterocycles. The Kier molecular flexibility index (Phi) is 2.05. The molecule has 0 aliphatic carbocycles. The average molecular weight is 135 g/mol. The van der Waals surface area contributed by atoms with Crippen LogP contribution in [-0.2, 0) is 11.2 Å². The number of hydrogen-bond donors (Lipinski definition) is 1. The molecule has 1 radical (unpaired) electrons. The van der Waals surface area contributed by atoms with Crippen LogP contribution >= 0.6 is 0 Å². The Bertz CT molecular complexity index is 216. The highest BCUT2D eigenvalue weighted by molar-refractivity contribution is 5.70. The monoisotopic (exact) mass is 135 g/mol. The van der Waals surface area contributed by atoms with Crippen LogP contribution in [0.5, 0.6) is 0 Å². The number of carboxylic acid groups (broad SMARTS) is 1. The fraction of sp³-hybridized carbons (Fsp3) is 0.125. The third kappa shape index (κ3) is 1.90. The zero-order valence-electron chi connectivity index (χ0n) is 5.37. The molecule has 2 nitrogen and oxygen atoms in total. The predicted octanol–water partition coefficient (Wildman–Crippen LogP) is 1.11. The molecule has 0 heterocycles. The summed E-state index contributed by atoms with van der Waals surface area (Å²) in [6.07, 6.45) is 0.0807. The van der Waals surface area contributed by atoms with Crippen molar-refractivity contribution < 1.29 is 9.90 Å². The van der Waals surface area contributed by atoms with Gasteiger partial charge in [-0.05, 0) is 11.6 Å². The molecule has 2 heteroatoms. The Balaban J connectivity index is 2.67. The summed E-state index contributed by atoms with van der Waals surface area (Å²) in [6, 6.07) is 9.76. The second kappa shape index (κ2) is 3.01. The molecule has 0 atom stereocenters. The first-order valence-electron chi connectivity index (χ1n) is 2.96. The van der Waals surface area contributed by atoms with Crippen LogP contribution < -0.4 is 0 Å². The number of aliphatic carboxylic acids is 1. The van der Waals surface area contributed by atoms with Gasteiger partial charge in [-0.25, -0.2) is 0 Å². The lowest BCUT2D eigenvalue weighted by Gasteiger charge is -1.92. The van der Waals surface area contributed by atoms with E-state index < -0.39 is 5.97 Å². The molecule has 1 N–H and O–H groups in total. The van der Waals surface area contributed by atoms with Crippen molar-refractivity contribution in [2.45, 2.75) is 6.42 Å². The van der Waals surface area contributed by atoms with Crippen LogP contribution in [0.4, 0.5) is 0 Å². The first-order chi connectivity index (χ1) is 4.79. The molecule has 51 valence electrons. The molecular weight excluding hydrogens is 128 g/mol. The summed E-state index contributed by atoms with van der Waals surface area (Å²) in [5.74, 6) is -0.806. The summed E-state index contributed by atoms with van der Waals surface area (Å²) in [5, 5.41) is 8.35. The highest BCUT2D eigenvalue weighted by Crippen LogP contribution is 1.97. The molecule has 0 unspecified atom stereocenters. The topological polar surface area (TPSA) is 37.3 Å². The van der Waals surface area contributed by atoms with E-state index in [2.05, 4.69) is 6.07 Å². The lowest BCUT2D eigenvalue weighted by molar-refractivity contribution is -0.136. The molecule has 0 amide bonds. The summed E-state index contributed by atoms with van der Waals surface area (Å²) in [6.45, 7) is 0. The van der Waals surface area contributed by atoms with E-state index in [1.807, 2.05) is 0 Å². The second-order valence-corrected chi connectivity index (χ2v) is 1.98. The van der Waals surface area contributed by atoms with E-state index >= 15 is 0 Å². The quantitative estimate of drug-likeness (QED) is 0.659. The molecule has 0 aliphatic heterocycles. The van der Waals surface area contributed by atoms with Crippen molar-refractivity contribution in [3.63, 3.8) is 0 Å². The van der Waals surface area contributed by atoms with Crippen LogP contribution in [0.25, 0.3) is 0 Å². The Morgan fingerprint density at radius 2 is 2.50 bits per heavy atom. The van der Waals surface area contributed by atoms with Crippen molar-refractivity contribution >= 4 is 5.97 Å². The average Bonchev–Trinajstić information content (AvgIpc) is 1.88. The van der Waals surface area contributed by atoms with Crippen LogP contribution in [-0.4, -0.2) is 11.1 Å². The second-order valence-electron chi connectivity index (χ2n) is 1.98. The zero-order valence-corrected chi connectivity index (χ0v) is 5.37. The molecule has 10 heavy (non-hydrogen) atoms. The molecule has 0 saturated carbocycles.